The fourth-order valence-electron chi connectivity index (χ4n) is 1.02. The predicted molar refractivity (Wildman–Crippen MR) is 51.8 cm³/mol. The maximum absolute atomic E-state index is 11.5. The quantitative estimate of drug-likeness (QED) is 0.586. The third-order valence-corrected chi connectivity index (χ3v) is 1.58. The second-order valence-corrected chi connectivity index (χ2v) is 3.07. The van der Waals surface area contributed by atoms with E-state index in [0.717, 1.165) is 0 Å². The maximum atomic E-state index is 11.5. The summed E-state index contributed by atoms with van der Waals surface area (Å²) in [5.74, 6) is 4.90. The van der Waals surface area contributed by atoms with Gasteiger partial charge in [-0.15, -0.1) is 0 Å². The molecule has 0 fully saturated rings. The van der Waals surface area contributed by atoms with E-state index in [4.69, 9.17) is 10.6 Å². The molecule has 0 heterocycles. The molecule has 0 radical (unpaired) electrons. The lowest BCUT2D eigenvalue weighted by molar-refractivity contribution is 0.0373. The van der Waals surface area contributed by atoms with Crippen LogP contribution >= 0.6 is 0 Å². The number of ether oxygens (including phenoxy) is 1. The van der Waals surface area contributed by atoms with Crippen LogP contribution in [0.2, 0.25) is 0 Å². The molecule has 0 aliphatic carbocycles. The first-order valence-corrected chi connectivity index (χ1v) is 4.32. The topological polar surface area (TPSA) is 61.5 Å². The molecule has 1 rings (SSSR count). The number of carbonyl (C=O) groups is 1. The number of rotatable bonds is 3. The van der Waals surface area contributed by atoms with Crippen molar-refractivity contribution in [3.63, 3.8) is 0 Å². The van der Waals surface area contributed by atoms with Crippen molar-refractivity contribution in [3.8, 4) is 5.75 Å². The maximum Gasteiger partial charge on any atom is 0.342 e. The van der Waals surface area contributed by atoms with Crippen molar-refractivity contribution in [2.24, 2.45) is 5.90 Å². The number of hydrogen-bond acceptors (Lipinski definition) is 4. The average Bonchev–Trinajstić information content (AvgIpc) is 2.16. The summed E-state index contributed by atoms with van der Waals surface area (Å²) in [7, 11) is 0. The first-order chi connectivity index (χ1) is 6.65. The standard InChI is InChI=1S/C10H13NO3/c1-7(2)13-10(12)8-5-3-4-6-9(8)14-11/h3-7H,11H2,1-2H3. The van der Waals surface area contributed by atoms with Gasteiger partial charge in [0.25, 0.3) is 0 Å². The Kier molecular flexibility index (Phi) is 3.48. The fraction of sp³-hybridized carbons (Fsp3) is 0.300. The molecule has 0 bridgehead atoms. The van der Waals surface area contributed by atoms with Gasteiger partial charge in [-0.3, -0.25) is 0 Å². The van der Waals surface area contributed by atoms with Crippen molar-refractivity contribution in [2.75, 3.05) is 0 Å². The zero-order valence-electron chi connectivity index (χ0n) is 8.19. The summed E-state index contributed by atoms with van der Waals surface area (Å²) in [5, 5.41) is 0. The molecule has 4 heteroatoms. The monoisotopic (exact) mass is 195 g/mol. The molecule has 1 aromatic rings. The van der Waals surface area contributed by atoms with E-state index < -0.39 is 5.97 Å². The minimum atomic E-state index is -0.430. The summed E-state index contributed by atoms with van der Waals surface area (Å²) in [6.07, 6.45) is -0.159. The zero-order chi connectivity index (χ0) is 10.6. The summed E-state index contributed by atoms with van der Waals surface area (Å²) < 4.78 is 5.00. The van der Waals surface area contributed by atoms with Crippen molar-refractivity contribution < 1.29 is 14.4 Å². The van der Waals surface area contributed by atoms with Gasteiger partial charge in [0.1, 0.15) is 5.56 Å². The molecule has 0 aliphatic heterocycles. The van der Waals surface area contributed by atoms with E-state index in [-0.39, 0.29) is 6.10 Å². The van der Waals surface area contributed by atoms with Gasteiger partial charge in [0.05, 0.1) is 6.10 Å². The van der Waals surface area contributed by atoms with Crippen LogP contribution in [-0.4, -0.2) is 12.1 Å². The van der Waals surface area contributed by atoms with E-state index in [1.54, 1.807) is 38.1 Å². The summed E-state index contributed by atoms with van der Waals surface area (Å²) in [4.78, 5) is 16.0. The van der Waals surface area contributed by atoms with Crippen molar-refractivity contribution in [1.82, 2.24) is 0 Å². The highest BCUT2D eigenvalue weighted by molar-refractivity contribution is 5.92. The molecule has 14 heavy (non-hydrogen) atoms. The first-order valence-electron chi connectivity index (χ1n) is 4.32. The zero-order valence-corrected chi connectivity index (χ0v) is 8.19. The van der Waals surface area contributed by atoms with E-state index in [9.17, 15) is 4.79 Å². The Hall–Kier alpha value is -1.55. The number of carbonyl (C=O) groups excluding carboxylic acids is 1. The summed E-state index contributed by atoms with van der Waals surface area (Å²) in [6, 6.07) is 6.66. The van der Waals surface area contributed by atoms with E-state index in [1.807, 2.05) is 0 Å². The van der Waals surface area contributed by atoms with E-state index >= 15 is 0 Å². The van der Waals surface area contributed by atoms with Crippen LogP contribution in [0, 0.1) is 0 Å². The van der Waals surface area contributed by atoms with Gasteiger partial charge in [-0.2, -0.15) is 5.90 Å². The number of para-hydroxylation sites is 1. The highest BCUT2D eigenvalue weighted by Crippen LogP contribution is 2.17. The fourth-order valence-corrected chi connectivity index (χ4v) is 1.02. The lowest BCUT2D eigenvalue weighted by atomic mass is 10.2. The molecule has 0 atom stereocenters. The van der Waals surface area contributed by atoms with Crippen LogP contribution in [0.4, 0.5) is 0 Å². The van der Waals surface area contributed by atoms with Crippen LogP contribution in [0.15, 0.2) is 24.3 Å². The van der Waals surface area contributed by atoms with Gasteiger partial charge >= 0.3 is 5.97 Å². The lowest BCUT2D eigenvalue weighted by Gasteiger charge is -2.09. The third-order valence-electron chi connectivity index (χ3n) is 1.58. The number of nitrogens with two attached hydrogens (primary N) is 1. The SMILES string of the molecule is CC(C)OC(=O)c1ccccc1ON. The minimum Gasteiger partial charge on any atom is -0.459 e. The molecule has 2 N–H and O–H groups in total. The average molecular weight is 195 g/mol. The Balaban J connectivity index is 2.88. The molecular formula is C10H13NO3. The van der Waals surface area contributed by atoms with E-state index in [2.05, 4.69) is 4.84 Å². The Morgan fingerprint density at radius 3 is 2.57 bits per heavy atom. The van der Waals surface area contributed by atoms with Crippen LogP contribution in [-0.2, 0) is 4.74 Å². The van der Waals surface area contributed by atoms with Crippen LogP contribution in [0.25, 0.3) is 0 Å². The molecule has 1 aromatic carbocycles. The van der Waals surface area contributed by atoms with Gasteiger partial charge in [-0.25, -0.2) is 4.79 Å². The largest absolute Gasteiger partial charge is 0.459 e. The van der Waals surface area contributed by atoms with Crippen molar-refractivity contribution in [2.45, 2.75) is 20.0 Å². The highest BCUT2D eigenvalue weighted by atomic mass is 16.6. The van der Waals surface area contributed by atoms with Gasteiger partial charge in [-0.05, 0) is 26.0 Å². The molecule has 0 spiro atoms. The molecule has 4 nitrogen and oxygen atoms in total. The molecule has 0 aliphatic rings. The highest BCUT2D eigenvalue weighted by Gasteiger charge is 2.14. The number of esters is 1. The Labute approximate surface area is 82.6 Å². The van der Waals surface area contributed by atoms with Crippen LogP contribution in [0.5, 0.6) is 5.75 Å². The first kappa shape index (κ1) is 10.5. The third kappa shape index (κ3) is 2.47. The molecule has 0 saturated heterocycles. The van der Waals surface area contributed by atoms with Crippen molar-refractivity contribution in [1.29, 1.82) is 0 Å². The predicted octanol–water partition coefficient (Wildman–Crippen LogP) is 1.50. The van der Waals surface area contributed by atoms with Gasteiger partial charge in [-0.1, -0.05) is 12.1 Å². The van der Waals surface area contributed by atoms with Crippen LogP contribution < -0.4 is 10.7 Å². The molecular weight excluding hydrogens is 182 g/mol. The molecule has 0 unspecified atom stereocenters. The van der Waals surface area contributed by atoms with E-state index in [0.29, 0.717) is 11.3 Å². The molecule has 0 amide bonds. The summed E-state index contributed by atoms with van der Waals surface area (Å²) >= 11 is 0. The smallest absolute Gasteiger partial charge is 0.342 e. The van der Waals surface area contributed by atoms with Crippen LogP contribution in [0.1, 0.15) is 24.2 Å². The molecule has 0 aromatic heterocycles. The van der Waals surface area contributed by atoms with Crippen molar-refractivity contribution >= 4 is 5.97 Å². The Morgan fingerprint density at radius 1 is 1.36 bits per heavy atom. The van der Waals surface area contributed by atoms with Gasteiger partial charge < -0.3 is 9.57 Å². The Bertz CT molecular complexity index is 323. The normalized spacial score (nSPS) is 10.0. The lowest BCUT2D eigenvalue weighted by Crippen LogP contribution is -2.14. The minimum absolute atomic E-state index is 0.159. The van der Waals surface area contributed by atoms with E-state index in [1.165, 1.54) is 0 Å². The number of benzene rings is 1. The summed E-state index contributed by atoms with van der Waals surface area (Å²) in [5.41, 5.74) is 0.337. The Morgan fingerprint density at radius 2 is 2.00 bits per heavy atom. The molecule has 76 valence electrons. The van der Waals surface area contributed by atoms with Gasteiger partial charge in [0.15, 0.2) is 5.75 Å². The number of hydrogen-bond donors (Lipinski definition) is 1. The van der Waals surface area contributed by atoms with Crippen LogP contribution in [0.3, 0.4) is 0 Å². The molecule has 0 saturated carbocycles. The second kappa shape index (κ2) is 4.62. The van der Waals surface area contributed by atoms with Crippen molar-refractivity contribution in [3.05, 3.63) is 29.8 Å². The summed E-state index contributed by atoms with van der Waals surface area (Å²) in [6.45, 7) is 3.56. The van der Waals surface area contributed by atoms with Gasteiger partial charge in [0.2, 0.25) is 0 Å². The van der Waals surface area contributed by atoms with Gasteiger partial charge in [0, 0.05) is 0 Å². The second-order valence-electron chi connectivity index (χ2n) is 3.07.